The van der Waals surface area contributed by atoms with Gasteiger partial charge in [-0.1, -0.05) is 18.2 Å². The van der Waals surface area contributed by atoms with Gasteiger partial charge in [0.1, 0.15) is 0 Å². The van der Waals surface area contributed by atoms with Crippen LogP contribution in [0.5, 0.6) is 0 Å². The first kappa shape index (κ1) is 23.2. The number of aliphatic imine (C=N–C) groups is 1. The van der Waals surface area contributed by atoms with E-state index in [-0.39, 0.29) is 24.0 Å². The van der Waals surface area contributed by atoms with Gasteiger partial charge in [-0.25, -0.2) is 0 Å². The fraction of sp³-hybridized carbons (Fsp3) is 0.565. The molecule has 0 saturated carbocycles. The van der Waals surface area contributed by atoms with Gasteiger partial charge in [0.2, 0.25) is 0 Å². The van der Waals surface area contributed by atoms with Crippen molar-refractivity contribution in [2.24, 2.45) is 4.99 Å². The summed E-state index contributed by atoms with van der Waals surface area (Å²) < 4.78 is 11.9. The minimum absolute atomic E-state index is 0. The van der Waals surface area contributed by atoms with Gasteiger partial charge in [0.05, 0.1) is 24.3 Å². The van der Waals surface area contributed by atoms with Crippen molar-refractivity contribution in [3.05, 3.63) is 42.1 Å². The van der Waals surface area contributed by atoms with Crippen molar-refractivity contribution in [2.75, 3.05) is 33.4 Å². The predicted molar refractivity (Wildman–Crippen MR) is 131 cm³/mol. The number of guanidine groups is 1. The molecule has 2 saturated heterocycles. The topological polar surface area (TPSA) is 59.0 Å². The molecule has 2 aromatic rings. The van der Waals surface area contributed by atoms with E-state index < -0.39 is 0 Å². The summed E-state index contributed by atoms with van der Waals surface area (Å²) in [7, 11) is 1.86. The highest BCUT2D eigenvalue weighted by atomic mass is 127. The van der Waals surface area contributed by atoms with E-state index in [0.717, 1.165) is 63.6 Å². The Morgan fingerprint density at radius 3 is 2.80 bits per heavy atom. The number of rotatable bonds is 5. The molecule has 1 atom stereocenters. The first-order valence-electron chi connectivity index (χ1n) is 10.8. The van der Waals surface area contributed by atoms with Crippen LogP contribution in [0.2, 0.25) is 0 Å². The van der Waals surface area contributed by atoms with Crippen LogP contribution in [0.4, 0.5) is 0 Å². The Kier molecular flexibility index (Phi) is 9.14. The van der Waals surface area contributed by atoms with Gasteiger partial charge in [0.15, 0.2) is 5.96 Å². The second-order valence-electron chi connectivity index (χ2n) is 7.90. The number of halogens is 1. The lowest BCUT2D eigenvalue weighted by Gasteiger charge is -2.35. The third kappa shape index (κ3) is 6.04. The molecule has 1 N–H and O–H groups in total. The van der Waals surface area contributed by atoms with Gasteiger partial charge in [0, 0.05) is 44.9 Å². The van der Waals surface area contributed by atoms with Crippen molar-refractivity contribution in [3.8, 4) is 0 Å². The van der Waals surface area contributed by atoms with E-state index in [0.29, 0.717) is 12.2 Å². The van der Waals surface area contributed by atoms with Crippen LogP contribution in [0.15, 0.2) is 41.5 Å². The molecule has 0 bridgehead atoms. The fourth-order valence-electron chi connectivity index (χ4n) is 4.23. The molecular weight excluding hydrogens is 491 g/mol. The van der Waals surface area contributed by atoms with Crippen molar-refractivity contribution in [3.63, 3.8) is 0 Å². The molecule has 164 valence electrons. The quantitative estimate of drug-likeness (QED) is 0.365. The van der Waals surface area contributed by atoms with E-state index >= 15 is 0 Å². The molecule has 1 unspecified atom stereocenters. The zero-order chi connectivity index (χ0) is 19.9. The second-order valence-corrected chi connectivity index (χ2v) is 7.90. The number of nitrogens with zero attached hydrogens (tertiary/aromatic N) is 3. The summed E-state index contributed by atoms with van der Waals surface area (Å²) in [5.74, 6) is 0.958. The van der Waals surface area contributed by atoms with Gasteiger partial charge in [-0.3, -0.25) is 9.98 Å². The lowest BCUT2D eigenvalue weighted by atomic mass is 10.1. The number of likely N-dealkylation sites (tertiary alicyclic amines) is 1. The molecule has 2 aliphatic rings. The van der Waals surface area contributed by atoms with E-state index in [2.05, 4.69) is 44.5 Å². The average molecular weight is 524 g/mol. The molecule has 0 amide bonds. The summed E-state index contributed by atoms with van der Waals surface area (Å²) in [4.78, 5) is 11.3. The number of benzene rings is 1. The fourth-order valence-corrected chi connectivity index (χ4v) is 4.23. The zero-order valence-corrected chi connectivity index (χ0v) is 20.1. The van der Waals surface area contributed by atoms with E-state index in [1.807, 2.05) is 19.3 Å². The summed E-state index contributed by atoms with van der Waals surface area (Å²) in [5, 5.41) is 4.72. The number of hydrogen-bond donors (Lipinski definition) is 1. The third-order valence-corrected chi connectivity index (χ3v) is 5.92. The Balaban J connectivity index is 0.00000256. The Hall–Kier alpha value is -1.45. The summed E-state index contributed by atoms with van der Waals surface area (Å²) in [6, 6.07) is 10.3. The van der Waals surface area contributed by atoms with Crippen molar-refractivity contribution in [1.29, 1.82) is 0 Å². The molecule has 0 aliphatic carbocycles. The van der Waals surface area contributed by atoms with Crippen LogP contribution in [0.1, 0.15) is 37.7 Å². The van der Waals surface area contributed by atoms with Gasteiger partial charge in [0.25, 0.3) is 0 Å². The Bertz CT molecular complexity index is 812. The maximum Gasteiger partial charge on any atom is 0.193 e. The molecule has 6 nitrogen and oxygen atoms in total. The van der Waals surface area contributed by atoms with Crippen LogP contribution in [0.3, 0.4) is 0 Å². The molecule has 2 aliphatic heterocycles. The highest BCUT2D eigenvalue weighted by Gasteiger charge is 2.23. The molecule has 1 aromatic heterocycles. The molecule has 30 heavy (non-hydrogen) atoms. The SMILES string of the molecule is CN=C(NCc1ccnc2ccccc12)N1CCC(OCC2CCCCO2)CC1.I. The normalized spacial score (nSPS) is 20.8. The largest absolute Gasteiger partial charge is 0.376 e. The van der Waals surface area contributed by atoms with Crippen LogP contribution in [0.25, 0.3) is 10.9 Å². The van der Waals surface area contributed by atoms with Crippen LogP contribution < -0.4 is 5.32 Å². The Morgan fingerprint density at radius 1 is 1.20 bits per heavy atom. The van der Waals surface area contributed by atoms with Gasteiger partial charge in [-0.05, 0) is 49.8 Å². The molecule has 2 fully saturated rings. The van der Waals surface area contributed by atoms with Crippen LogP contribution >= 0.6 is 24.0 Å². The lowest BCUT2D eigenvalue weighted by Crippen LogP contribution is -2.47. The second kappa shape index (κ2) is 11.8. The first-order valence-corrected chi connectivity index (χ1v) is 10.8. The van der Waals surface area contributed by atoms with Crippen molar-refractivity contribution >= 4 is 40.8 Å². The van der Waals surface area contributed by atoms with Crippen molar-refractivity contribution in [2.45, 2.75) is 50.9 Å². The van der Waals surface area contributed by atoms with E-state index in [4.69, 9.17) is 9.47 Å². The van der Waals surface area contributed by atoms with Gasteiger partial charge in [-0.2, -0.15) is 0 Å². The van der Waals surface area contributed by atoms with E-state index in [1.54, 1.807) is 0 Å². The van der Waals surface area contributed by atoms with Gasteiger partial charge in [-0.15, -0.1) is 24.0 Å². The van der Waals surface area contributed by atoms with Gasteiger partial charge >= 0.3 is 0 Å². The minimum Gasteiger partial charge on any atom is -0.376 e. The third-order valence-electron chi connectivity index (χ3n) is 5.92. The summed E-state index contributed by atoms with van der Waals surface area (Å²) in [6.07, 6.45) is 8.17. The predicted octanol–water partition coefficient (Wildman–Crippen LogP) is 3.98. The number of fused-ring (bicyclic) bond motifs is 1. The minimum atomic E-state index is 0. The summed E-state index contributed by atoms with van der Waals surface area (Å²) in [6.45, 7) is 4.30. The monoisotopic (exact) mass is 524 g/mol. The molecule has 0 spiro atoms. The molecule has 1 aromatic carbocycles. The number of pyridine rings is 1. The van der Waals surface area contributed by atoms with E-state index in [9.17, 15) is 0 Å². The zero-order valence-electron chi connectivity index (χ0n) is 17.8. The number of ether oxygens (including phenoxy) is 2. The highest BCUT2D eigenvalue weighted by molar-refractivity contribution is 14.0. The smallest absolute Gasteiger partial charge is 0.193 e. The lowest BCUT2D eigenvalue weighted by molar-refractivity contribution is -0.0721. The summed E-state index contributed by atoms with van der Waals surface area (Å²) in [5.41, 5.74) is 2.27. The number of para-hydroxylation sites is 1. The molecule has 7 heteroatoms. The highest BCUT2D eigenvalue weighted by Crippen LogP contribution is 2.19. The first-order chi connectivity index (χ1) is 14.3. The average Bonchev–Trinajstić information content (AvgIpc) is 2.79. The number of hydrogen-bond acceptors (Lipinski definition) is 4. The molecule has 3 heterocycles. The molecule has 0 radical (unpaired) electrons. The van der Waals surface area contributed by atoms with Crippen LogP contribution in [-0.2, 0) is 16.0 Å². The number of aromatic nitrogens is 1. The van der Waals surface area contributed by atoms with Crippen LogP contribution in [0, 0.1) is 0 Å². The number of nitrogens with one attached hydrogen (secondary N) is 1. The van der Waals surface area contributed by atoms with Gasteiger partial charge < -0.3 is 19.7 Å². The Morgan fingerprint density at radius 2 is 2.03 bits per heavy atom. The molecule has 4 rings (SSSR count). The summed E-state index contributed by atoms with van der Waals surface area (Å²) >= 11 is 0. The molecular formula is C23H33IN4O2. The maximum atomic E-state index is 6.14. The van der Waals surface area contributed by atoms with Crippen molar-refractivity contribution in [1.82, 2.24) is 15.2 Å². The number of piperidine rings is 1. The van der Waals surface area contributed by atoms with Crippen LogP contribution in [-0.4, -0.2) is 61.4 Å². The maximum absolute atomic E-state index is 6.14. The van der Waals surface area contributed by atoms with Crippen molar-refractivity contribution < 1.29 is 9.47 Å². The van der Waals surface area contributed by atoms with E-state index in [1.165, 1.54) is 23.8 Å². The Labute approximate surface area is 196 Å². The standard InChI is InChI=1S/C23H32N4O2.HI/c1-24-23(26-16-18-9-12-25-22-8-3-2-7-21(18)22)27-13-10-19(11-14-27)29-17-20-6-4-5-15-28-20;/h2-3,7-9,12,19-20H,4-6,10-11,13-17H2,1H3,(H,24,26);1H.